The first-order valence-electron chi connectivity index (χ1n) is 26.5. The number of hydrogen-bond donors (Lipinski definition) is 2. The van der Waals surface area contributed by atoms with Crippen LogP contribution in [0.5, 0.6) is 0 Å². The average Bonchev–Trinajstić information content (AvgIpc) is 3.33. The minimum atomic E-state index is -4.39. The highest BCUT2D eigenvalue weighted by molar-refractivity contribution is 7.47. The fraction of sp³-hybridized carbons (Fsp3) is 0.621. The number of phosphoric ester groups is 1. The summed E-state index contributed by atoms with van der Waals surface area (Å²) in [5.41, 5.74) is 5.35. The van der Waals surface area contributed by atoms with Gasteiger partial charge in [0, 0.05) is 19.4 Å². The van der Waals surface area contributed by atoms with Gasteiger partial charge in [0.05, 0.1) is 13.2 Å². The molecule has 68 heavy (non-hydrogen) atoms. The number of unbranched alkanes of at least 4 members (excludes halogenated alkanes) is 15. The SMILES string of the molecule is CC/C=C\C/C=C\C/C=C\C/C=C\C/C=C\C/C=C\C/C=C\C/C=C\C/C=C\C/C=C\CCCCCCCCC(=O)OC(COC(=O)CCCCCCCCCCCC)COP(=O)(O)OCCN. The molecule has 9 nitrogen and oxygen atoms in total. The van der Waals surface area contributed by atoms with E-state index >= 15 is 0 Å². The normalized spacial score (nSPS) is 14.1. The Hall–Kier alpha value is -3.59. The highest BCUT2D eigenvalue weighted by Gasteiger charge is 2.26. The van der Waals surface area contributed by atoms with Gasteiger partial charge in [-0.05, 0) is 89.9 Å². The molecule has 2 unspecified atom stereocenters. The number of esters is 2. The average molecular weight is 966 g/mol. The Morgan fingerprint density at radius 2 is 0.809 bits per heavy atom. The molecule has 0 bridgehead atoms. The topological polar surface area (TPSA) is 134 Å². The third-order valence-electron chi connectivity index (χ3n) is 10.6. The minimum absolute atomic E-state index is 0.0457. The number of carbonyl (C=O) groups is 2. The van der Waals surface area contributed by atoms with Crippen LogP contribution >= 0.6 is 7.82 Å². The van der Waals surface area contributed by atoms with Gasteiger partial charge in [0.25, 0.3) is 0 Å². The summed E-state index contributed by atoms with van der Waals surface area (Å²) in [4.78, 5) is 34.9. The van der Waals surface area contributed by atoms with Crippen molar-refractivity contribution in [1.29, 1.82) is 0 Å². The van der Waals surface area contributed by atoms with E-state index in [1.54, 1.807) is 0 Å². The molecule has 2 atom stereocenters. The fourth-order valence-electron chi connectivity index (χ4n) is 6.72. The molecule has 0 aromatic carbocycles. The zero-order valence-electron chi connectivity index (χ0n) is 42.8. The van der Waals surface area contributed by atoms with E-state index in [1.165, 1.54) is 44.9 Å². The van der Waals surface area contributed by atoms with Gasteiger partial charge in [0.15, 0.2) is 6.10 Å². The number of phosphoric acid groups is 1. The zero-order valence-corrected chi connectivity index (χ0v) is 43.7. The molecule has 0 radical (unpaired) electrons. The van der Waals surface area contributed by atoms with Crippen LogP contribution in [0.4, 0.5) is 0 Å². The highest BCUT2D eigenvalue weighted by atomic mass is 31.2. The molecule has 0 aliphatic rings. The lowest BCUT2D eigenvalue weighted by atomic mass is 10.1. The summed E-state index contributed by atoms with van der Waals surface area (Å²) in [5.74, 6) is -0.854. The van der Waals surface area contributed by atoms with Gasteiger partial charge in [-0.25, -0.2) is 4.57 Å². The minimum Gasteiger partial charge on any atom is -0.462 e. The Labute approximate surface area is 415 Å². The van der Waals surface area contributed by atoms with Crippen LogP contribution in [0, 0.1) is 0 Å². The molecule has 0 aromatic rings. The number of carbonyl (C=O) groups excluding carboxylic acids is 2. The number of ether oxygens (including phenoxy) is 2. The van der Waals surface area contributed by atoms with E-state index in [2.05, 4.69) is 135 Å². The number of hydrogen-bond acceptors (Lipinski definition) is 8. The second-order valence-corrected chi connectivity index (χ2v) is 18.5. The molecule has 0 aromatic heterocycles. The summed E-state index contributed by atoms with van der Waals surface area (Å²) in [7, 11) is -4.39. The molecule has 0 aliphatic heterocycles. The summed E-state index contributed by atoms with van der Waals surface area (Å²) in [5, 5.41) is 0. The zero-order chi connectivity index (χ0) is 49.5. The molecule has 0 fully saturated rings. The predicted molar refractivity (Wildman–Crippen MR) is 288 cm³/mol. The molecule has 0 saturated heterocycles. The van der Waals surface area contributed by atoms with Gasteiger partial charge in [-0.1, -0.05) is 219 Å². The molecular formula is C58H96NO8P. The first kappa shape index (κ1) is 64.4. The van der Waals surface area contributed by atoms with Crippen LogP contribution in [0.15, 0.2) is 122 Å². The Balaban J connectivity index is 4.02. The van der Waals surface area contributed by atoms with E-state index in [-0.39, 0.29) is 32.6 Å². The monoisotopic (exact) mass is 966 g/mol. The van der Waals surface area contributed by atoms with Crippen molar-refractivity contribution in [2.75, 3.05) is 26.4 Å². The van der Waals surface area contributed by atoms with Crippen LogP contribution in [0.25, 0.3) is 0 Å². The summed E-state index contributed by atoms with van der Waals surface area (Å²) in [6.07, 6.45) is 72.6. The Bertz CT molecular complexity index is 1520. The molecule has 0 rings (SSSR count). The summed E-state index contributed by atoms with van der Waals surface area (Å²) in [6.45, 7) is 3.57. The van der Waals surface area contributed by atoms with Gasteiger partial charge in [-0.2, -0.15) is 0 Å². The molecule has 386 valence electrons. The predicted octanol–water partition coefficient (Wildman–Crippen LogP) is 16.4. The van der Waals surface area contributed by atoms with Crippen molar-refractivity contribution in [3.8, 4) is 0 Å². The van der Waals surface area contributed by atoms with Crippen molar-refractivity contribution >= 4 is 19.8 Å². The Kier molecular flexibility index (Phi) is 50.0. The van der Waals surface area contributed by atoms with Crippen molar-refractivity contribution in [2.24, 2.45) is 5.73 Å². The second-order valence-electron chi connectivity index (χ2n) is 17.0. The smallest absolute Gasteiger partial charge is 0.462 e. The van der Waals surface area contributed by atoms with E-state index < -0.39 is 32.5 Å². The first-order valence-corrected chi connectivity index (χ1v) is 28.0. The maximum atomic E-state index is 12.6. The van der Waals surface area contributed by atoms with Crippen molar-refractivity contribution in [3.63, 3.8) is 0 Å². The maximum absolute atomic E-state index is 12.6. The number of nitrogens with two attached hydrogens (primary N) is 1. The molecule has 0 amide bonds. The molecule has 3 N–H and O–H groups in total. The van der Waals surface area contributed by atoms with Gasteiger partial charge < -0.3 is 20.1 Å². The van der Waals surface area contributed by atoms with Crippen molar-refractivity contribution < 1.29 is 37.6 Å². The molecular weight excluding hydrogens is 870 g/mol. The first-order chi connectivity index (χ1) is 33.3. The van der Waals surface area contributed by atoms with E-state index in [9.17, 15) is 19.0 Å². The van der Waals surface area contributed by atoms with Crippen molar-refractivity contribution in [2.45, 2.75) is 206 Å². The maximum Gasteiger partial charge on any atom is 0.472 e. The highest BCUT2D eigenvalue weighted by Crippen LogP contribution is 2.43. The lowest BCUT2D eigenvalue weighted by Gasteiger charge is -2.19. The van der Waals surface area contributed by atoms with Crippen LogP contribution < -0.4 is 5.73 Å². The Morgan fingerprint density at radius 1 is 0.456 bits per heavy atom. The molecule has 0 heterocycles. The standard InChI is InChI=1S/C58H96NO8P/c1-3-5-7-9-11-13-15-16-17-18-19-20-21-22-23-24-25-26-27-28-29-30-31-32-33-34-35-36-37-38-39-40-41-43-45-47-49-51-58(61)67-56(55-66-68(62,63)65-53-52-59)54-64-57(60)50-48-46-44-42-14-12-10-8-6-4-2/h5,7,11,13,16-17,19-20,22-23,25-26,28-29,31-32,34-35,37-38,56H,3-4,6,8-10,12,14-15,18,21,24,27,30,33,36,39-55,59H2,1-2H3,(H,62,63)/b7-5-,13-11-,17-16-,20-19-,23-22-,26-25-,29-28-,32-31-,35-34-,38-37-. The van der Waals surface area contributed by atoms with Crippen LogP contribution in [0.1, 0.15) is 200 Å². The van der Waals surface area contributed by atoms with Crippen LogP contribution in [0.3, 0.4) is 0 Å². The van der Waals surface area contributed by atoms with Crippen molar-refractivity contribution in [1.82, 2.24) is 0 Å². The third kappa shape index (κ3) is 51.8. The number of rotatable bonds is 48. The largest absolute Gasteiger partial charge is 0.472 e. The summed E-state index contributed by atoms with van der Waals surface area (Å²) < 4.78 is 32.8. The summed E-state index contributed by atoms with van der Waals surface area (Å²) >= 11 is 0. The van der Waals surface area contributed by atoms with Gasteiger partial charge in [-0.3, -0.25) is 18.6 Å². The third-order valence-corrected chi connectivity index (χ3v) is 11.6. The van der Waals surface area contributed by atoms with Gasteiger partial charge in [0.1, 0.15) is 6.61 Å². The second kappa shape index (κ2) is 52.8. The molecule has 10 heteroatoms. The van der Waals surface area contributed by atoms with E-state index in [4.69, 9.17) is 24.3 Å². The Morgan fingerprint density at radius 3 is 1.21 bits per heavy atom. The van der Waals surface area contributed by atoms with E-state index in [0.29, 0.717) is 6.42 Å². The quantitative estimate of drug-likeness (QED) is 0.0264. The molecule has 0 saturated carbocycles. The van der Waals surface area contributed by atoms with Gasteiger partial charge in [-0.15, -0.1) is 0 Å². The lowest BCUT2D eigenvalue weighted by molar-refractivity contribution is -0.161. The van der Waals surface area contributed by atoms with Crippen LogP contribution in [-0.2, 0) is 32.7 Å². The van der Waals surface area contributed by atoms with E-state index in [1.807, 2.05) is 0 Å². The van der Waals surface area contributed by atoms with Gasteiger partial charge >= 0.3 is 19.8 Å². The van der Waals surface area contributed by atoms with E-state index in [0.717, 1.165) is 122 Å². The lowest BCUT2D eigenvalue weighted by Crippen LogP contribution is -2.29. The van der Waals surface area contributed by atoms with Crippen molar-refractivity contribution in [3.05, 3.63) is 122 Å². The van der Waals surface area contributed by atoms with Crippen LogP contribution in [0.2, 0.25) is 0 Å². The summed E-state index contributed by atoms with van der Waals surface area (Å²) in [6, 6.07) is 0. The molecule has 0 spiro atoms. The fourth-order valence-corrected chi connectivity index (χ4v) is 7.49. The van der Waals surface area contributed by atoms with Crippen LogP contribution in [-0.4, -0.2) is 49.3 Å². The number of allylic oxidation sites excluding steroid dienone is 20. The molecule has 0 aliphatic carbocycles. The van der Waals surface area contributed by atoms with Gasteiger partial charge in [0.2, 0.25) is 0 Å².